The zero-order valence-corrected chi connectivity index (χ0v) is 15.8. The number of nitrogens with zero attached hydrogens (tertiary/aromatic N) is 2. The molecule has 3 amide bonds. The van der Waals surface area contributed by atoms with Gasteiger partial charge in [-0.1, -0.05) is 0 Å². The van der Waals surface area contributed by atoms with E-state index in [4.69, 9.17) is 15.2 Å². The van der Waals surface area contributed by atoms with Crippen LogP contribution in [0.25, 0.3) is 0 Å². The van der Waals surface area contributed by atoms with Gasteiger partial charge in [0.05, 0.1) is 13.2 Å². The molecule has 0 radical (unpaired) electrons. The summed E-state index contributed by atoms with van der Waals surface area (Å²) in [5, 5.41) is 2.89. The van der Waals surface area contributed by atoms with Crippen molar-refractivity contribution in [1.29, 1.82) is 0 Å². The summed E-state index contributed by atoms with van der Waals surface area (Å²) >= 11 is 0. The first-order valence-corrected chi connectivity index (χ1v) is 9.26. The number of hydrogen-bond donors (Lipinski definition) is 2. The SMILES string of the molecule is CCOc1ccc(NC(=O)N2CCCC(Oc3ccnc(C(N)=O)c3)C2)cc1. The molecule has 1 saturated heterocycles. The van der Waals surface area contributed by atoms with Gasteiger partial charge >= 0.3 is 6.03 Å². The summed E-state index contributed by atoms with van der Waals surface area (Å²) in [6, 6.07) is 10.3. The van der Waals surface area contributed by atoms with Crippen LogP contribution in [0, 0.1) is 0 Å². The quantitative estimate of drug-likeness (QED) is 0.796. The van der Waals surface area contributed by atoms with Crippen LogP contribution in [0.3, 0.4) is 0 Å². The molecule has 1 aromatic heterocycles. The van der Waals surface area contributed by atoms with E-state index in [0.717, 1.165) is 18.6 Å². The maximum Gasteiger partial charge on any atom is 0.321 e. The molecule has 8 nitrogen and oxygen atoms in total. The van der Waals surface area contributed by atoms with Gasteiger partial charge in [-0.05, 0) is 50.1 Å². The molecule has 0 aliphatic carbocycles. The van der Waals surface area contributed by atoms with E-state index < -0.39 is 5.91 Å². The average molecular weight is 384 g/mol. The number of carbonyl (C=O) groups is 2. The van der Waals surface area contributed by atoms with Gasteiger partial charge in [-0.2, -0.15) is 0 Å². The molecule has 1 atom stereocenters. The smallest absolute Gasteiger partial charge is 0.321 e. The third-order valence-electron chi connectivity index (χ3n) is 4.37. The molecule has 148 valence electrons. The van der Waals surface area contributed by atoms with Crippen molar-refractivity contribution in [1.82, 2.24) is 9.88 Å². The number of anilines is 1. The van der Waals surface area contributed by atoms with Crippen LogP contribution in [0.4, 0.5) is 10.5 Å². The molecule has 2 aromatic rings. The summed E-state index contributed by atoms with van der Waals surface area (Å²) in [4.78, 5) is 29.5. The Hall–Kier alpha value is -3.29. The van der Waals surface area contributed by atoms with Gasteiger partial charge in [0, 0.05) is 24.5 Å². The monoisotopic (exact) mass is 384 g/mol. The molecule has 0 spiro atoms. The van der Waals surface area contributed by atoms with E-state index in [1.54, 1.807) is 11.0 Å². The lowest BCUT2D eigenvalue weighted by Gasteiger charge is -2.33. The van der Waals surface area contributed by atoms with Gasteiger partial charge in [-0.15, -0.1) is 0 Å². The number of pyridine rings is 1. The van der Waals surface area contributed by atoms with Crippen molar-refractivity contribution in [2.24, 2.45) is 5.73 Å². The zero-order chi connectivity index (χ0) is 19.9. The number of likely N-dealkylation sites (tertiary alicyclic amines) is 1. The summed E-state index contributed by atoms with van der Waals surface area (Å²) in [6.45, 7) is 3.63. The first-order chi connectivity index (χ1) is 13.5. The van der Waals surface area contributed by atoms with Crippen molar-refractivity contribution in [3.63, 3.8) is 0 Å². The van der Waals surface area contributed by atoms with Gasteiger partial charge < -0.3 is 25.4 Å². The molecule has 1 unspecified atom stereocenters. The average Bonchev–Trinajstić information content (AvgIpc) is 2.70. The molecule has 1 aliphatic heterocycles. The van der Waals surface area contributed by atoms with E-state index in [9.17, 15) is 9.59 Å². The fraction of sp³-hybridized carbons (Fsp3) is 0.350. The number of benzene rings is 1. The number of aromatic nitrogens is 1. The van der Waals surface area contributed by atoms with Crippen molar-refractivity contribution in [3.8, 4) is 11.5 Å². The number of carbonyl (C=O) groups excluding carboxylic acids is 2. The number of nitrogens with two attached hydrogens (primary N) is 1. The molecule has 1 aliphatic rings. The second-order valence-electron chi connectivity index (χ2n) is 6.46. The van der Waals surface area contributed by atoms with Crippen molar-refractivity contribution in [2.75, 3.05) is 25.0 Å². The van der Waals surface area contributed by atoms with Crippen LogP contribution in [0.5, 0.6) is 11.5 Å². The number of nitrogens with one attached hydrogen (secondary N) is 1. The summed E-state index contributed by atoms with van der Waals surface area (Å²) in [7, 11) is 0. The van der Waals surface area contributed by atoms with E-state index in [1.165, 1.54) is 12.3 Å². The van der Waals surface area contributed by atoms with Crippen LogP contribution in [-0.4, -0.2) is 47.6 Å². The molecule has 3 rings (SSSR count). The van der Waals surface area contributed by atoms with Crippen LogP contribution in [0.15, 0.2) is 42.6 Å². The fourth-order valence-electron chi connectivity index (χ4n) is 3.03. The minimum absolute atomic E-state index is 0.151. The predicted octanol–water partition coefficient (Wildman–Crippen LogP) is 2.65. The first-order valence-electron chi connectivity index (χ1n) is 9.26. The van der Waals surface area contributed by atoms with Gasteiger partial charge in [-0.3, -0.25) is 9.78 Å². The normalized spacial score (nSPS) is 16.3. The van der Waals surface area contributed by atoms with Crippen molar-refractivity contribution < 1.29 is 19.1 Å². The number of hydrogen-bond acceptors (Lipinski definition) is 5. The molecule has 8 heteroatoms. The predicted molar refractivity (Wildman–Crippen MR) is 105 cm³/mol. The highest BCUT2D eigenvalue weighted by atomic mass is 16.5. The number of ether oxygens (including phenoxy) is 2. The van der Waals surface area contributed by atoms with Crippen LogP contribution in [0.2, 0.25) is 0 Å². The largest absolute Gasteiger partial charge is 0.494 e. The van der Waals surface area contributed by atoms with Gasteiger partial charge in [0.15, 0.2) is 0 Å². The van der Waals surface area contributed by atoms with Gasteiger partial charge in [-0.25, -0.2) is 4.79 Å². The fourth-order valence-corrected chi connectivity index (χ4v) is 3.03. The van der Waals surface area contributed by atoms with Crippen LogP contribution in [0.1, 0.15) is 30.3 Å². The Morgan fingerprint density at radius 3 is 2.75 bits per heavy atom. The van der Waals surface area contributed by atoms with E-state index in [0.29, 0.717) is 31.1 Å². The summed E-state index contributed by atoms with van der Waals surface area (Å²) in [5.74, 6) is 0.674. The molecular weight excluding hydrogens is 360 g/mol. The minimum Gasteiger partial charge on any atom is -0.494 e. The van der Waals surface area contributed by atoms with Crippen molar-refractivity contribution in [2.45, 2.75) is 25.9 Å². The molecule has 3 N–H and O–H groups in total. The van der Waals surface area contributed by atoms with Gasteiger partial charge in [0.25, 0.3) is 5.91 Å². The summed E-state index contributed by atoms with van der Waals surface area (Å²) in [6.07, 6.45) is 2.97. The van der Waals surface area contributed by atoms with E-state index in [2.05, 4.69) is 10.3 Å². The highest BCUT2D eigenvalue weighted by Crippen LogP contribution is 2.20. The van der Waals surface area contributed by atoms with E-state index in [-0.39, 0.29) is 17.8 Å². The summed E-state index contributed by atoms with van der Waals surface area (Å²) in [5.41, 5.74) is 6.11. The third-order valence-corrected chi connectivity index (χ3v) is 4.37. The third kappa shape index (κ3) is 5.12. The maximum atomic E-state index is 12.6. The Labute approximate surface area is 163 Å². The van der Waals surface area contributed by atoms with Crippen LogP contribution in [-0.2, 0) is 0 Å². The highest BCUT2D eigenvalue weighted by molar-refractivity contribution is 5.91. The van der Waals surface area contributed by atoms with E-state index in [1.807, 2.05) is 31.2 Å². The topological polar surface area (TPSA) is 107 Å². The molecule has 28 heavy (non-hydrogen) atoms. The Kier molecular flexibility index (Phi) is 6.31. The minimum atomic E-state index is -0.606. The number of urea groups is 1. The Morgan fingerprint density at radius 1 is 1.25 bits per heavy atom. The lowest BCUT2D eigenvalue weighted by atomic mass is 10.1. The van der Waals surface area contributed by atoms with Crippen molar-refractivity contribution >= 4 is 17.6 Å². The number of piperidine rings is 1. The maximum absolute atomic E-state index is 12.6. The van der Waals surface area contributed by atoms with Gasteiger partial charge in [0.2, 0.25) is 0 Å². The first kappa shape index (κ1) is 19.5. The lowest BCUT2D eigenvalue weighted by Crippen LogP contribution is -2.46. The number of primary amides is 1. The second-order valence-corrected chi connectivity index (χ2v) is 6.46. The molecule has 1 fully saturated rings. The van der Waals surface area contributed by atoms with Crippen LogP contribution >= 0.6 is 0 Å². The van der Waals surface area contributed by atoms with Crippen LogP contribution < -0.4 is 20.5 Å². The molecular formula is C20H24N4O4. The van der Waals surface area contributed by atoms with Gasteiger partial charge in [0.1, 0.15) is 23.3 Å². The lowest BCUT2D eigenvalue weighted by molar-refractivity contribution is 0.0989. The van der Waals surface area contributed by atoms with Crippen molar-refractivity contribution in [3.05, 3.63) is 48.3 Å². The number of rotatable bonds is 6. The Morgan fingerprint density at radius 2 is 2.04 bits per heavy atom. The zero-order valence-electron chi connectivity index (χ0n) is 15.8. The molecule has 1 aromatic carbocycles. The molecule has 0 bridgehead atoms. The Bertz CT molecular complexity index is 825. The highest BCUT2D eigenvalue weighted by Gasteiger charge is 2.25. The molecule has 2 heterocycles. The van der Waals surface area contributed by atoms with E-state index >= 15 is 0 Å². The standard InChI is InChI=1S/C20H24N4O4/c1-2-27-15-7-5-14(6-8-15)23-20(26)24-11-3-4-17(13-24)28-16-9-10-22-18(12-16)19(21)25/h5-10,12,17H,2-4,11,13H2,1H3,(H2,21,25)(H,23,26). The summed E-state index contributed by atoms with van der Waals surface area (Å²) < 4.78 is 11.3. The second kappa shape index (κ2) is 9.07. The number of amides is 3. The molecule has 0 saturated carbocycles. The Balaban J connectivity index is 1.57.